The molecule has 7 heteroatoms. The number of anilines is 1. The Balaban J connectivity index is 1.72. The lowest BCUT2D eigenvalue weighted by Gasteiger charge is -2.08. The molecule has 1 amide bonds. The largest absolute Gasteiger partial charge is 0.508 e. The minimum atomic E-state index is -0.399. The molecule has 2 N–H and O–H groups in total. The fraction of sp³-hybridized carbons (Fsp3) is 0.0556. The molecular formula is C18H14FN3O3. The highest BCUT2D eigenvalue weighted by Crippen LogP contribution is 2.15. The summed E-state index contributed by atoms with van der Waals surface area (Å²) in [6.07, 6.45) is 1.28. The van der Waals surface area contributed by atoms with Gasteiger partial charge in [0.05, 0.1) is 12.0 Å². The first kappa shape index (κ1) is 16.4. The number of rotatable bonds is 4. The SMILES string of the molecule is O=C(Cn1cnc(-c2ccc(F)cc2)cc1=O)Nc1ccc(O)cc1. The van der Waals surface area contributed by atoms with Gasteiger partial charge in [-0.1, -0.05) is 0 Å². The predicted octanol–water partition coefficient (Wildman–Crippen LogP) is 2.39. The number of nitrogens with one attached hydrogen (secondary N) is 1. The van der Waals surface area contributed by atoms with Crippen LogP contribution in [0.5, 0.6) is 5.75 Å². The number of aromatic nitrogens is 2. The molecule has 3 aromatic rings. The van der Waals surface area contributed by atoms with E-state index in [1.165, 1.54) is 53.4 Å². The summed E-state index contributed by atoms with van der Waals surface area (Å²) < 4.78 is 14.1. The van der Waals surface area contributed by atoms with Gasteiger partial charge in [0.25, 0.3) is 5.56 Å². The summed E-state index contributed by atoms with van der Waals surface area (Å²) in [7, 11) is 0. The lowest BCUT2D eigenvalue weighted by molar-refractivity contribution is -0.116. The number of amides is 1. The van der Waals surface area contributed by atoms with Gasteiger partial charge in [-0.3, -0.25) is 14.2 Å². The van der Waals surface area contributed by atoms with Crippen LogP contribution in [0.25, 0.3) is 11.3 Å². The molecule has 0 atom stereocenters. The van der Waals surface area contributed by atoms with Crippen LogP contribution in [0.4, 0.5) is 10.1 Å². The van der Waals surface area contributed by atoms with E-state index in [1.54, 1.807) is 12.1 Å². The second-order valence-electron chi connectivity index (χ2n) is 5.34. The predicted molar refractivity (Wildman–Crippen MR) is 90.6 cm³/mol. The maximum Gasteiger partial charge on any atom is 0.254 e. The van der Waals surface area contributed by atoms with E-state index in [4.69, 9.17) is 0 Å². The topological polar surface area (TPSA) is 84.2 Å². The monoisotopic (exact) mass is 339 g/mol. The molecule has 0 saturated heterocycles. The van der Waals surface area contributed by atoms with Crippen molar-refractivity contribution in [2.45, 2.75) is 6.54 Å². The molecule has 6 nitrogen and oxygen atoms in total. The second-order valence-corrected chi connectivity index (χ2v) is 5.34. The number of halogens is 1. The van der Waals surface area contributed by atoms with Gasteiger partial charge < -0.3 is 10.4 Å². The highest BCUT2D eigenvalue weighted by Gasteiger charge is 2.08. The quantitative estimate of drug-likeness (QED) is 0.715. The van der Waals surface area contributed by atoms with Gasteiger partial charge in [-0.25, -0.2) is 9.37 Å². The zero-order valence-electron chi connectivity index (χ0n) is 13.0. The Morgan fingerprint density at radius 1 is 1.12 bits per heavy atom. The summed E-state index contributed by atoms with van der Waals surface area (Å²) >= 11 is 0. The Labute approximate surface area is 142 Å². The number of carbonyl (C=O) groups excluding carboxylic acids is 1. The van der Waals surface area contributed by atoms with Gasteiger partial charge in [-0.05, 0) is 48.5 Å². The normalized spacial score (nSPS) is 10.4. The molecule has 0 spiro atoms. The molecule has 2 aromatic carbocycles. The molecular weight excluding hydrogens is 325 g/mol. The van der Waals surface area contributed by atoms with Crippen LogP contribution in [-0.2, 0) is 11.3 Å². The molecule has 0 bridgehead atoms. The second kappa shape index (κ2) is 6.96. The number of aromatic hydroxyl groups is 1. The molecule has 0 unspecified atom stereocenters. The molecule has 0 aliphatic rings. The molecule has 126 valence electrons. The molecule has 25 heavy (non-hydrogen) atoms. The fourth-order valence-electron chi connectivity index (χ4n) is 2.22. The lowest BCUT2D eigenvalue weighted by atomic mass is 10.1. The van der Waals surface area contributed by atoms with Gasteiger partial charge in [0.15, 0.2) is 0 Å². The van der Waals surface area contributed by atoms with Gasteiger partial charge in [0.2, 0.25) is 5.91 Å². The summed E-state index contributed by atoms with van der Waals surface area (Å²) in [6.45, 7) is -0.198. The van der Waals surface area contributed by atoms with Crippen molar-refractivity contribution in [1.29, 1.82) is 0 Å². The standard InChI is InChI=1S/C18H14FN3O3/c19-13-3-1-12(2-4-13)16-9-18(25)22(11-20-16)10-17(24)21-14-5-7-15(23)8-6-14/h1-9,11,23H,10H2,(H,21,24). The van der Waals surface area contributed by atoms with E-state index < -0.39 is 11.5 Å². The summed E-state index contributed by atoms with van der Waals surface area (Å²) in [6, 6.07) is 12.9. The van der Waals surface area contributed by atoms with Gasteiger partial charge in [0, 0.05) is 17.3 Å². The van der Waals surface area contributed by atoms with E-state index in [0.717, 1.165) is 0 Å². The summed E-state index contributed by atoms with van der Waals surface area (Å²) in [4.78, 5) is 28.3. The van der Waals surface area contributed by atoms with Crippen molar-refractivity contribution in [3.63, 3.8) is 0 Å². The maximum atomic E-state index is 12.9. The van der Waals surface area contributed by atoms with Crippen molar-refractivity contribution in [3.05, 3.63) is 77.1 Å². The zero-order valence-corrected chi connectivity index (χ0v) is 13.0. The molecule has 1 heterocycles. The van der Waals surface area contributed by atoms with Crippen molar-refractivity contribution in [2.24, 2.45) is 0 Å². The van der Waals surface area contributed by atoms with Crippen molar-refractivity contribution >= 4 is 11.6 Å². The van der Waals surface area contributed by atoms with Gasteiger partial charge in [-0.15, -0.1) is 0 Å². The molecule has 0 radical (unpaired) electrons. The third kappa shape index (κ3) is 4.08. The van der Waals surface area contributed by atoms with E-state index in [9.17, 15) is 19.1 Å². The van der Waals surface area contributed by atoms with Crippen molar-refractivity contribution in [1.82, 2.24) is 9.55 Å². The average molecular weight is 339 g/mol. The van der Waals surface area contributed by atoms with Crippen LogP contribution in [0, 0.1) is 5.82 Å². The van der Waals surface area contributed by atoms with Gasteiger partial charge >= 0.3 is 0 Å². The van der Waals surface area contributed by atoms with Crippen LogP contribution >= 0.6 is 0 Å². The van der Waals surface area contributed by atoms with Gasteiger partial charge in [-0.2, -0.15) is 0 Å². The maximum absolute atomic E-state index is 12.9. The number of phenols is 1. The first-order valence-electron chi connectivity index (χ1n) is 7.42. The minimum Gasteiger partial charge on any atom is -0.508 e. The number of carbonyl (C=O) groups is 1. The summed E-state index contributed by atoms with van der Waals surface area (Å²) in [5.74, 6) is -0.679. The molecule has 3 rings (SSSR count). The first-order valence-corrected chi connectivity index (χ1v) is 7.42. The van der Waals surface area contributed by atoms with E-state index in [0.29, 0.717) is 16.9 Å². The molecule has 0 fully saturated rings. The van der Waals surface area contributed by atoms with Crippen LogP contribution in [0.15, 0.2) is 65.7 Å². The zero-order chi connectivity index (χ0) is 17.8. The molecule has 1 aromatic heterocycles. The Hall–Kier alpha value is -3.48. The van der Waals surface area contributed by atoms with E-state index >= 15 is 0 Å². The number of nitrogens with zero attached hydrogens (tertiary/aromatic N) is 2. The number of hydrogen-bond acceptors (Lipinski definition) is 4. The Bertz CT molecular complexity index is 951. The molecule has 0 aliphatic heterocycles. The van der Waals surface area contributed by atoms with E-state index in [2.05, 4.69) is 10.3 Å². The van der Waals surface area contributed by atoms with Crippen LogP contribution < -0.4 is 10.9 Å². The third-order valence-electron chi connectivity index (χ3n) is 3.48. The number of benzene rings is 2. The van der Waals surface area contributed by atoms with Crippen molar-refractivity contribution < 1.29 is 14.3 Å². The molecule has 0 saturated carbocycles. The average Bonchev–Trinajstić information content (AvgIpc) is 2.59. The highest BCUT2D eigenvalue weighted by atomic mass is 19.1. The summed E-state index contributed by atoms with van der Waals surface area (Å²) in [5, 5.41) is 11.8. The Morgan fingerprint density at radius 3 is 2.44 bits per heavy atom. The van der Waals surface area contributed by atoms with Crippen LogP contribution in [0.3, 0.4) is 0 Å². The number of hydrogen-bond donors (Lipinski definition) is 2. The van der Waals surface area contributed by atoms with E-state index in [1.807, 2.05) is 0 Å². The molecule has 0 aliphatic carbocycles. The van der Waals surface area contributed by atoms with Crippen LogP contribution in [0.2, 0.25) is 0 Å². The smallest absolute Gasteiger partial charge is 0.254 e. The number of phenolic OH excluding ortho intramolecular Hbond substituents is 1. The van der Waals surface area contributed by atoms with Crippen LogP contribution in [0.1, 0.15) is 0 Å². The highest BCUT2D eigenvalue weighted by molar-refractivity contribution is 5.90. The summed E-state index contributed by atoms with van der Waals surface area (Å²) in [5.41, 5.74) is 1.13. The van der Waals surface area contributed by atoms with E-state index in [-0.39, 0.29) is 18.1 Å². The van der Waals surface area contributed by atoms with Crippen LogP contribution in [-0.4, -0.2) is 20.6 Å². The Kier molecular flexibility index (Phi) is 4.56. The third-order valence-corrected chi connectivity index (χ3v) is 3.48. The van der Waals surface area contributed by atoms with Gasteiger partial charge in [0.1, 0.15) is 18.1 Å². The fourth-order valence-corrected chi connectivity index (χ4v) is 2.22. The van der Waals surface area contributed by atoms with Crippen molar-refractivity contribution in [2.75, 3.05) is 5.32 Å². The minimum absolute atomic E-state index is 0.0924. The Morgan fingerprint density at radius 2 is 1.80 bits per heavy atom. The van der Waals surface area contributed by atoms with Crippen molar-refractivity contribution in [3.8, 4) is 17.0 Å². The first-order chi connectivity index (χ1) is 12.0. The lowest BCUT2D eigenvalue weighted by Crippen LogP contribution is -2.27.